The summed E-state index contributed by atoms with van der Waals surface area (Å²) < 4.78 is 0. The monoisotopic (exact) mass is 610 g/mol. The van der Waals surface area contributed by atoms with E-state index in [0.29, 0.717) is 0 Å². The van der Waals surface area contributed by atoms with Gasteiger partial charge in [0.25, 0.3) is 0 Å². The summed E-state index contributed by atoms with van der Waals surface area (Å²) >= 11 is 0. The quantitative estimate of drug-likeness (QED) is 0.422. The SMILES string of the molecule is CC[N-]C.[W].[W].[W]. The Morgan fingerprint density at radius 1 is 1.14 bits per heavy atom. The van der Waals surface area contributed by atoms with E-state index in [1.807, 2.05) is 6.92 Å². The Labute approximate surface area is 88.2 Å². The van der Waals surface area contributed by atoms with E-state index in [1.165, 1.54) is 0 Å². The molecule has 0 bridgehead atoms. The molecule has 0 aromatic carbocycles. The van der Waals surface area contributed by atoms with E-state index < -0.39 is 0 Å². The topological polar surface area (TPSA) is 14.1 Å². The van der Waals surface area contributed by atoms with Crippen LogP contribution in [0, 0.1) is 0 Å². The van der Waals surface area contributed by atoms with Gasteiger partial charge in [-0.15, -0.1) is 0 Å². The van der Waals surface area contributed by atoms with Gasteiger partial charge in [-0.2, -0.15) is 13.6 Å². The molecule has 7 heavy (non-hydrogen) atoms. The maximum atomic E-state index is 3.74. The van der Waals surface area contributed by atoms with E-state index >= 15 is 0 Å². The van der Waals surface area contributed by atoms with Crippen molar-refractivity contribution in [3.8, 4) is 0 Å². The molecule has 0 spiro atoms. The first-order valence-corrected chi connectivity index (χ1v) is 1.47. The summed E-state index contributed by atoms with van der Waals surface area (Å²) in [6.07, 6.45) is 0. The van der Waals surface area contributed by atoms with Gasteiger partial charge in [-0.3, -0.25) is 0 Å². The largest absolute Gasteiger partial charge is 0.665 e. The molecule has 0 aromatic rings. The molecule has 0 N–H and O–H groups in total. The van der Waals surface area contributed by atoms with Crippen molar-refractivity contribution in [1.82, 2.24) is 0 Å². The zero-order valence-electron chi connectivity index (χ0n) is 4.38. The second-order valence-corrected chi connectivity index (χ2v) is 0.632. The Hall–Kier alpha value is 2.02. The van der Waals surface area contributed by atoms with Gasteiger partial charge in [0.15, 0.2) is 0 Å². The van der Waals surface area contributed by atoms with Gasteiger partial charge in [0, 0.05) is 63.2 Å². The standard InChI is InChI=1S/C3H8N.3W/c1-3-4-2;;;/h3H2,1-2H3;;;/q-1;;;. The molecular formula is C3H8NW3-. The molecular weight excluding hydrogens is 602 g/mol. The Bertz CT molecular complexity index is 12.1. The van der Waals surface area contributed by atoms with E-state index in [0.717, 1.165) is 6.54 Å². The number of hydrogen-bond donors (Lipinski definition) is 0. The molecule has 0 radical (unpaired) electrons. The first-order chi connectivity index (χ1) is 1.91. The summed E-state index contributed by atoms with van der Waals surface area (Å²) in [5, 5.41) is 3.74. The average Bonchev–Trinajstić information content (AvgIpc) is 1.37. The van der Waals surface area contributed by atoms with Crippen molar-refractivity contribution in [3.63, 3.8) is 0 Å². The summed E-state index contributed by atoms with van der Waals surface area (Å²) in [6.45, 7) is 2.96. The number of hydrogen-bond acceptors (Lipinski definition) is 0. The average molecular weight is 610 g/mol. The predicted octanol–water partition coefficient (Wildman–Crippen LogP) is 1.00. The van der Waals surface area contributed by atoms with Crippen molar-refractivity contribution >= 4 is 0 Å². The zero-order chi connectivity index (χ0) is 3.41. The molecule has 0 aliphatic rings. The van der Waals surface area contributed by atoms with Crippen LogP contribution in [0.4, 0.5) is 0 Å². The van der Waals surface area contributed by atoms with Crippen LogP contribution in [-0.2, 0) is 63.2 Å². The van der Waals surface area contributed by atoms with Crippen molar-refractivity contribution in [2.75, 3.05) is 13.6 Å². The van der Waals surface area contributed by atoms with Crippen molar-refractivity contribution in [2.24, 2.45) is 0 Å². The molecule has 0 unspecified atom stereocenters. The minimum atomic E-state index is 0. The second-order valence-electron chi connectivity index (χ2n) is 0.632. The van der Waals surface area contributed by atoms with Crippen LogP contribution in [0.25, 0.3) is 5.32 Å². The molecule has 0 amide bonds. The van der Waals surface area contributed by atoms with Crippen LogP contribution in [0.15, 0.2) is 0 Å². The molecule has 0 aliphatic heterocycles. The molecule has 0 fully saturated rings. The van der Waals surface area contributed by atoms with Crippen LogP contribution < -0.4 is 0 Å². The fraction of sp³-hybridized carbons (Fsp3) is 1.00. The molecule has 4 heteroatoms. The van der Waals surface area contributed by atoms with Crippen LogP contribution >= 0.6 is 0 Å². The van der Waals surface area contributed by atoms with Crippen molar-refractivity contribution in [1.29, 1.82) is 0 Å². The van der Waals surface area contributed by atoms with Crippen LogP contribution in [0.3, 0.4) is 0 Å². The van der Waals surface area contributed by atoms with Gasteiger partial charge < -0.3 is 5.32 Å². The van der Waals surface area contributed by atoms with E-state index in [9.17, 15) is 0 Å². The summed E-state index contributed by atoms with van der Waals surface area (Å²) in [5.41, 5.74) is 0. The molecule has 0 atom stereocenters. The van der Waals surface area contributed by atoms with Gasteiger partial charge in [0.1, 0.15) is 0 Å². The van der Waals surface area contributed by atoms with E-state index in [-0.39, 0.29) is 63.2 Å². The van der Waals surface area contributed by atoms with E-state index in [1.54, 1.807) is 7.05 Å². The molecule has 0 aromatic heterocycles. The third kappa shape index (κ3) is 31.8. The first kappa shape index (κ1) is 23.0. The Balaban J connectivity index is -0.0000000150. The van der Waals surface area contributed by atoms with E-state index in [2.05, 4.69) is 5.32 Å². The summed E-state index contributed by atoms with van der Waals surface area (Å²) in [7, 11) is 1.81. The second kappa shape index (κ2) is 24.4. The predicted molar refractivity (Wildman–Crippen MR) is 19.8 cm³/mol. The smallest absolute Gasteiger partial charge is 0 e. The number of nitrogens with zero attached hydrogens (tertiary/aromatic N) is 1. The summed E-state index contributed by atoms with van der Waals surface area (Å²) in [4.78, 5) is 0. The zero-order valence-corrected chi connectivity index (χ0v) is 13.2. The third-order valence-electron chi connectivity index (χ3n) is 0.316. The van der Waals surface area contributed by atoms with Crippen LogP contribution in [0.2, 0.25) is 0 Å². The van der Waals surface area contributed by atoms with Crippen molar-refractivity contribution in [2.45, 2.75) is 6.92 Å². The minimum absolute atomic E-state index is 0. The fourth-order valence-electron chi connectivity index (χ4n) is 0. The van der Waals surface area contributed by atoms with Gasteiger partial charge in [0.2, 0.25) is 0 Å². The van der Waals surface area contributed by atoms with Crippen LogP contribution in [0.5, 0.6) is 0 Å². The van der Waals surface area contributed by atoms with Gasteiger partial charge in [-0.25, -0.2) is 0 Å². The Morgan fingerprint density at radius 3 is 1.29 bits per heavy atom. The third-order valence-corrected chi connectivity index (χ3v) is 0.316. The summed E-state index contributed by atoms with van der Waals surface area (Å²) in [5.74, 6) is 0. The maximum Gasteiger partial charge on any atom is 0 e. The van der Waals surface area contributed by atoms with Crippen LogP contribution in [0.1, 0.15) is 6.92 Å². The number of rotatable bonds is 1. The van der Waals surface area contributed by atoms with Crippen LogP contribution in [-0.4, -0.2) is 13.6 Å². The summed E-state index contributed by atoms with van der Waals surface area (Å²) in [6, 6.07) is 0. The molecule has 0 aliphatic carbocycles. The van der Waals surface area contributed by atoms with Gasteiger partial charge in [-0.1, -0.05) is 6.92 Å². The van der Waals surface area contributed by atoms with Gasteiger partial charge >= 0.3 is 0 Å². The van der Waals surface area contributed by atoms with Gasteiger partial charge in [-0.05, 0) is 0 Å². The fourth-order valence-corrected chi connectivity index (χ4v) is 0. The van der Waals surface area contributed by atoms with Gasteiger partial charge in [0.05, 0.1) is 0 Å². The maximum absolute atomic E-state index is 3.74. The van der Waals surface area contributed by atoms with Crippen molar-refractivity contribution in [3.05, 3.63) is 5.32 Å². The molecule has 0 saturated carbocycles. The molecule has 0 rings (SSSR count). The Morgan fingerprint density at radius 2 is 1.29 bits per heavy atom. The molecule has 0 heterocycles. The molecule has 44 valence electrons. The van der Waals surface area contributed by atoms with Crippen molar-refractivity contribution < 1.29 is 63.2 Å². The minimum Gasteiger partial charge on any atom is -0.665 e. The Kier molecular flexibility index (Phi) is 80.4. The van der Waals surface area contributed by atoms with E-state index in [4.69, 9.17) is 0 Å². The normalized spacial score (nSPS) is 4.29. The molecule has 1 nitrogen and oxygen atoms in total. The first-order valence-electron chi connectivity index (χ1n) is 1.47. The molecule has 0 saturated heterocycles.